The van der Waals surface area contributed by atoms with Crippen molar-refractivity contribution in [1.82, 2.24) is 15.1 Å². The van der Waals surface area contributed by atoms with Gasteiger partial charge in [-0.05, 0) is 12.8 Å². The van der Waals surface area contributed by atoms with Gasteiger partial charge in [0.15, 0.2) is 16.7 Å². The van der Waals surface area contributed by atoms with Gasteiger partial charge >= 0.3 is 0 Å². The Balaban J connectivity index is 2.05. The molecule has 21 heavy (non-hydrogen) atoms. The van der Waals surface area contributed by atoms with Crippen molar-refractivity contribution >= 4 is 23.1 Å². The molecule has 2 aromatic rings. The van der Waals surface area contributed by atoms with Crippen LogP contribution in [0.25, 0.3) is 0 Å². The van der Waals surface area contributed by atoms with Crippen LogP contribution in [0.4, 0.5) is 11.5 Å². The van der Waals surface area contributed by atoms with Gasteiger partial charge in [-0.1, -0.05) is 30.6 Å². The van der Waals surface area contributed by atoms with Gasteiger partial charge < -0.3 is 15.2 Å². The van der Waals surface area contributed by atoms with E-state index in [1.54, 1.807) is 7.05 Å². The average molecular weight is 310 g/mol. The molecular weight excluding hydrogens is 290 g/mol. The number of aromatic nitrogens is 3. The molecule has 2 aromatic heterocycles. The minimum Gasteiger partial charge on any atom is -0.383 e. The first kappa shape index (κ1) is 15.6. The monoisotopic (exact) mass is 309 g/mol. The molecule has 0 amide bonds. The van der Waals surface area contributed by atoms with E-state index >= 15 is 0 Å². The van der Waals surface area contributed by atoms with E-state index in [1.165, 1.54) is 6.33 Å². The summed E-state index contributed by atoms with van der Waals surface area (Å²) in [5.74, 6) is 1.86. The van der Waals surface area contributed by atoms with E-state index in [-0.39, 0.29) is 0 Å². The molecule has 0 atom stereocenters. The van der Waals surface area contributed by atoms with Crippen LogP contribution in [-0.2, 0) is 6.54 Å². The normalized spacial score (nSPS) is 10.9. The minimum atomic E-state index is 0.380. The maximum absolute atomic E-state index is 6.01. The number of rotatable bonds is 7. The molecule has 114 valence electrons. The van der Waals surface area contributed by atoms with Gasteiger partial charge in [-0.15, -0.1) is 0 Å². The van der Waals surface area contributed by atoms with Crippen LogP contribution in [-0.4, -0.2) is 22.2 Å². The first-order valence-corrected chi connectivity index (χ1v) is 7.44. The lowest BCUT2D eigenvalue weighted by Crippen LogP contribution is -2.05. The van der Waals surface area contributed by atoms with E-state index in [1.807, 2.05) is 6.07 Å². The Kier molecular flexibility index (Phi) is 5.38. The van der Waals surface area contributed by atoms with Gasteiger partial charge in [-0.25, -0.2) is 9.97 Å². The fourth-order valence-corrected chi connectivity index (χ4v) is 2.43. The summed E-state index contributed by atoms with van der Waals surface area (Å²) in [4.78, 5) is 8.10. The number of nitrogens with one attached hydrogen (secondary N) is 2. The SMILES string of the molecule is CCC(CC)c1cc(CNc2ncnc(Cl)c2NC)on1. The van der Waals surface area contributed by atoms with Crippen molar-refractivity contribution < 1.29 is 4.52 Å². The van der Waals surface area contributed by atoms with Crippen molar-refractivity contribution in [2.24, 2.45) is 0 Å². The highest BCUT2D eigenvalue weighted by atomic mass is 35.5. The van der Waals surface area contributed by atoms with Crippen molar-refractivity contribution in [3.8, 4) is 0 Å². The Hall–Kier alpha value is -1.82. The summed E-state index contributed by atoms with van der Waals surface area (Å²) >= 11 is 6.01. The number of hydrogen-bond acceptors (Lipinski definition) is 6. The van der Waals surface area contributed by atoms with Gasteiger partial charge in [-0.2, -0.15) is 0 Å². The van der Waals surface area contributed by atoms with E-state index in [4.69, 9.17) is 16.1 Å². The van der Waals surface area contributed by atoms with Gasteiger partial charge in [-0.3, -0.25) is 0 Å². The fourth-order valence-electron chi connectivity index (χ4n) is 2.20. The molecule has 2 heterocycles. The van der Waals surface area contributed by atoms with Crippen LogP contribution in [0.3, 0.4) is 0 Å². The Morgan fingerprint density at radius 3 is 2.71 bits per heavy atom. The molecule has 0 aromatic carbocycles. The number of hydrogen-bond donors (Lipinski definition) is 2. The first-order chi connectivity index (χ1) is 10.2. The van der Waals surface area contributed by atoms with Crippen LogP contribution in [0.15, 0.2) is 16.9 Å². The standard InChI is InChI=1S/C14H20ClN5O/c1-4-9(5-2)11-6-10(21-20-11)7-17-14-12(16-3)13(15)18-8-19-14/h6,8-9,16H,4-5,7H2,1-3H3,(H,17,18,19). The summed E-state index contributed by atoms with van der Waals surface area (Å²) in [6.45, 7) is 4.81. The van der Waals surface area contributed by atoms with Crippen LogP contribution < -0.4 is 10.6 Å². The highest BCUT2D eigenvalue weighted by Crippen LogP contribution is 2.26. The van der Waals surface area contributed by atoms with E-state index < -0.39 is 0 Å². The van der Waals surface area contributed by atoms with Crippen molar-refractivity contribution in [1.29, 1.82) is 0 Å². The zero-order chi connectivity index (χ0) is 15.2. The number of halogens is 1. The van der Waals surface area contributed by atoms with Crippen molar-refractivity contribution in [3.63, 3.8) is 0 Å². The van der Waals surface area contributed by atoms with Gasteiger partial charge in [0.25, 0.3) is 0 Å². The summed E-state index contributed by atoms with van der Waals surface area (Å²) in [6.07, 6.45) is 3.53. The summed E-state index contributed by atoms with van der Waals surface area (Å²) < 4.78 is 5.37. The average Bonchev–Trinajstić information content (AvgIpc) is 2.95. The molecule has 0 aliphatic heterocycles. The van der Waals surface area contributed by atoms with Crippen LogP contribution in [0.2, 0.25) is 5.15 Å². The number of anilines is 2. The lowest BCUT2D eigenvalue weighted by Gasteiger charge is -2.09. The third kappa shape index (κ3) is 3.64. The molecule has 0 unspecified atom stereocenters. The Morgan fingerprint density at radius 2 is 2.05 bits per heavy atom. The quantitative estimate of drug-likeness (QED) is 0.760. The lowest BCUT2D eigenvalue weighted by molar-refractivity contribution is 0.375. The lowest BCUT2D eigenvalue weighted by atomic mass is 9.99. The highest BCUT2D eigenvalue weighted by Gasteiger charge is 2.14. The van der Waals surface area contributed by atoms with Crippen LogP contribution in [0.5, 0.6) is 0 Å². The van der Waals surface area contributed by atoms with Crippen molar-refractivity contribution in [2.75, 3.05) is 17.7 Å². The van der Waals surface area contributed by atoms with Gasteiger partial charge in [0.2, 0.25) is 0 Å². The second-order valence-electron chi connectivity index (χ2n) is 4.72. The summed E-state index contributed by atoms with van der Waals surface area (Å²) in [5, 5.41) is 10.7. The summed E-state index contributed by atoms with van der Waals surface area (Å²) in [5.41, 5.74) is 1.67. The third-order valence-corrected chi connectivity index (χ3v) is 3.75. The van der Waals surface area contributed by atoms with E-state index in [0.717, 1.165) is 24.3 Å². The minimum absolute atomic E-state index is 0.380. The van der Waals surface area contributed by atoms with E-state index in [2.05, 4.69) is 39.6 Å². The van der Waals surface area contributed by atoms with Crippen LogP contribution >= 0.6 is 11.6 Å². The van der Waals surface area contributed by atoms with Gasteiger partial charge in [0.05, 0.1) is 12.2 Å². The number of nitrogens with zero attached hydrogens (tertiary/aromatic N) is 3. The summed E-state index contributed by atoms with van der Waals surface area (Å²) in [6, 6.07) is 1.99. The highest BCUT2D eigenvalue weighted by molar-refractivity contribution is 6.32. The molecular formula is C14H20ClN5O. The van der Waals surface area contributed by atoms with E-state index in [0.29, 0.717) is 29.1 Å². The maximum Gasteiger partial charge on any atom is 0.157 e. The molecule has 0 saturated heterocycles. The molecule has 6 nitrogen and oxygen atoms in total. The topological polar surface area (TPSA) is 75.9 Å². The van der Waals surface area contributed by atoms with Gasteiger partial charge in [0.1, 0.15) is 12.0 Å². The molecule has 0 saturated carbocycles. The summed E-state index contributed by atoms with van der Waals surface area (Å²) in [7, 11) is 1.77. The molecule has 0 radical (unpaired) electrons. The second-order valence-corrected chi connectivity index (χ2v) is 5.08. The van der Waals surface area contributed by atoms with Crippen LogP contribution in [0, 0.1) is 0 Å². The zero-order valence-corrected chi connectivity index (χ0v) is 13.2. The molecule has 0 fully saturated rings. The zero-order valence-electron chi connectivity index (χ0n) is 12.5. The third-order valence-electron chi connectivity index (χ3n) is 3.46. The predicted molar refractivity (Wildman–Crippen MR) is 83.7 cm³/mol. The molecule has 2 N–H and O–H groups in total. The first-order valence-electron chi connectivity index (χ1n) is 7.07. The molecule has 0 bridgehead atoms. The fraction of sp³-hybridized carbons (Fsp3) is 0.500. The van der Waals surface area contributed by atoms with Crippen molar-refractivity contribution in [3.05, 3.63) is 29.0 Å². The largest absolute Gasteiger partial charge is 0.383 e. The molecule has 7 heteroatoms. The molecule has 0 aliphatic rings. The predicted octanol–water partition coefficient (Wildman–Crippen LogP) is 3.68. The molecule has 2 rings (SSSR count). The second kappa shape index (κ2) is 7.26. The Bertz CT molecular complexity index is 582. The Labute approximate surface area is 129 Å². The molecule has 0 aliphatic carbocycles. The van der Waals surface area contributed by atoms with E-state index in [9.17, 15) is 0 Å². The van der Waals surface area contributed by atoms with Crippen LogP contribution in [0.1, 0.15) is 44.1 Å². The molecule has 0 spiro atoms. The Morgan fingerprint density at radius 1 is 1.29 bits per heavy atom. The maximum atomic E-state index is 6.01. The van der Waals surface area contributed by atoms with Crippen molar-refractivity contribution in [2.45, 2.75) is 39.2 Å². The smallest absolute Gasteiger partial charge is 0.157 e. The van der Waals surface area contributed by atoms with Gasteiger partial charge in [0, 0.05) is 19.0 Å².